The molecule has 0 unspecified atom stereocenters. The van der Waals surface area contributed by atoms with Crippen LogP contribution in [0.15, 0.2) is 23.7 Å². The molecule has 1 aromatic heterocycles. The number of anilines is 1. The number of hydrogen-bond acceptors (Lipinski definition) is 6. The third-order valence-corrected chi connectivity index (χ3v) is 3.77. The molecule has 2 aromatic rings. The number of methoxy groups -OCH3 is 3. The lowest BCUT2D eigenvalue weighted by Gasteiger charge is -2.15. The second-order valence-corrected chi connectivity index (χ2v) is 5.27. The molecule has 0 bridgehead atoms. The van der Waals surface area contributed by atoms with Crippen molar-refractivity contribution in [2.45, 2.75) is 12.8 Å². The van der Waals surface area contributed by atoms with Crippen molar-refractivity contribution in [3.05, 3.63) is 29.3 Å². The van der Waals surface area contributed by atoms with Crippen molar-refractivity contribution in [2.24, 2.45) is 0 Å². The third kappa shape index (κ3) is 3.67. The van der Waals surface area contributed by atoms with E-state index in [9.17, 15) is 4.79 Å². The molecule has 0 radical (unpaired) electrons. The Balaban J connectivity index is 2.07. The molecule has 0 atom stereocenters. The molecule has 6 nitrogen and oxygen atoms in total. The van der Waals surface area contributed by atoms with Crippen LogP contribution in [0, 0.1) is 0 Å². The fourth-order valence-electron chi connectivity index (χ4n) is 2.08. The second kappa shape index (κ2) is 7.65. The van der Waals surface area contributed by atoms with Crippen molar-refractivity contribution < 1.29 is 19.0 Å². The number of carbonyl (C=O) groups is 1. The van der Waals surface area contributed by atoms with E-state index in [2.05, 4.69) is 10.3 Å². The average Bonchev–Trinajstić information content (AvgIpc) is 3.04. The van der Waals surface area contributed by atoms with E-state index in [0.717, 1.165) is 5.56 Å². The zero-order chi connectivity index (χ0) is 15.9. The molecule has 2 rings (SSSR count). The van der Waals surface area contributed by atoms with E-state index in [1.807, 2.05) is 11.4 Å². The van der Waals surface area contributed by atoms with Gasteiger partial charge in [0.15, 0.2) is 16.6 Å². The Labute approximate surface area is 133 Å². The molecule has 22 heavy (non-hydrogen) atoms. The molecule has 0 saturated heterocycles. The Kier molecular flexibility index (Phi) is 5.60. The van der Waals surface area contributed by atoms with Gasteiger partial charge in [-0.05, 0) is 18.1 Å². The fourth-order valence-corrected chi connectivity index (χ4v) is 2.62. The normalized spacial score (nSPS) is 10.1. The van der Waals surface area contributed by atoms with Gasteiger partial charge in [0, 0.05) is 18.0 Å². The van der Waals surface area contributed by atoms with Crippen LogP contribution in [0.2, 0.25) is 0 Å². The minimum absolute atomic E-state index is 0.0909. The highest BCUT2D eigenvalue weighted by Crippen LogP contribution is 2.40. The van der Waals surface area contributed by atoms with Crippen molar-refractivity contribution in [2.75, 3.05) is 26.6 Å². The van der Waals surface area contributed by atoms with Crippen LogP contribution in [0.5, 0.6) is 17.2 Å². The minimum Gasteiger partial charge on any atom is -0.493 e. The van der Waals surface area contributed by atoms with E-state index >= 15 is 0 Å². The first kappa shape index (κ1) is 16.1. The first-order valence-corrected chi connectivity index (χ1v) is 7.54. The van der Waals surface area contributed by atoms with Crippen LogP contribution in [0.3, 0.4) is 0 Å². The summed E-state index contributed by atoms with van der Waals surface area (Å²) in [6.07, 6.45) is 2.50. The molecule has 0 spiro atoms. The predicted octanol–water partition coefficient (Wildman–Crippen LogP) is 2.74. The van der Waals surface area contributed by atoms with Crippen molar-refractivity contribution in [3.63, 3.8) is 0 Å². The van der Waals surface area contributed by atoms with Crippen LogP contribution in [-0.4, -0.2) is 32.2 Å². The molecule has 0 saturated carbocycles. The van der Waals surface area contributed by atoms with Crippen LogP contribution in [0.4, 0.5) is 5.13 Å². The summed E-state index contributed by atoms with van der Waals surface area (Å²) in [6, 6.07) is 3.67. The average molecular weight is 322 g/mol. The molecule has 118 valence electrons. The SMILES string of the molecule is COc1ccc(CCC(=O)Nc2nccs2)c(OC)c1OC. The van der Waals surface area contributed by atoms with E-state index < -0.39 is 0 Å². The van der Waals surface area contributed by atoms with Crippen LogP contribution in [-0.2, 0) is 11.2 Å². The number of aromatic nitrogens is 1. The fraction of sp³-hybridized carbons (Fsp3) is 0.333. The summed E-state index contributed by atoms with van der Waals surface area (Å²) in [7, 11) is 4.69. The molecule has 1 amide bonds. The number of nitrogens with one attached hydrogen (secondary N) is 1. The van der Waals surface area contributed by atoms with Gasteiger partial charge in [-0.2, -0.15) is 0 Å². The summed E-state index contributed by atoms with van der Waals surface area (Å²) in [4.78, 5) is 15.9. The molecule has 0 aliphatic heterocycles. The van der Waals surface area contributed by atoms with E-state index in [0.29, 0.717) is 35.2 Å². The lowest BCUT2D eigenvalue weighted by molar-refractivity contribution is -0.116. The van der Waals surface area contributed by atoms with Gasteiger partial charge in [-0.25, -0.2) is 4.98 Å². The number of hydrogen-bond donors (Lipinski definition) is 1. The maximum Gasteiger partial charge on any atom is 0.226 e. The maximum absolute atomic E-state index is 11.9. The Morgan fingerprint density at radius 3 is 2.55 bits per heavy atom. The van der Waals surface area contributed by atoms with Gasteiger partial charge in [0.25, 0.3) is 0 Å². The highest BCUT2D eigenvalue weighted by atomic mass is 32.1. The smallest absolute Gasteiger partial charge is 0.226 e. The van der Waals surface area contributed by atoms with Gasteiger partial charge >= 0.3 is 0 Å². The van der Waals surface area contributed by atoms with Gasteiger partial charge in [-0.15, -0.1) is 11.3 Å². The quantitative estimate of drug-likeness (QED) is 0.849. The lowest BCUT2D eigenvalue weighted by atomic mass is 10.1. The summed E-state index contributed by atoms with van der Waals surface area (Å²) in [5.74, 6) is 1.62. The second-order valence-electron chi connectivity index (χ2n) is 4.38. The van der Waals surface area contributed by atoms with Gasteiger partial charge in [-0.3, -0.25) is 4.79 Å². The molecule has 0 aliphatic carbocycles. The predicted molar refractivity (Wildman–Crippen MR) is 85.2 cm³/mol. The Hall–Kier alpha value is -2.28. The lowest BCUT2D eigenvalue weighted by Crippen LogP contribution is -2.12. The summed E-state index contributed by atoms with van der Waals surface area (Å²) in [5, 5.41) is 5.17. The van der Waals surface area contributed by atoms with Gasteiger partial charge < -0.3 is 19.5 Å². The number of nitrogens with zero attached hydrogens (tertiary/aromatic N) is 1. The zero-order valence-electron chi connectivity index (χ0n) is 12.7. The highest BCUT2D eigenvalue weighted by molar-refractivity contribution is 7.13. The highest BCUT2D eigenvalue weighted by Gasteiger charge is 2.16. The van der Waals surface area contributed by atoms with E-state index in [1.54, 1.807) is 33.6 Å². The number of benzene rings is 1. The van der Waals surface area contributed by atoms with Crippen molar-refractivity contribution in [3.8, 4) is 17.2 Å². The summed E-state index contributed by atoms with van der Waals surface area (Å²) < 4.78 is 16.0. The van der Waals surface area contributed by atoms with E-state index in [1.165, 1.54) is 11.3 Å². The van der Waals surface area contributed by atoms with Crippen LogP contribution < -0.4 is 19.5 Å². The van der Waals surface area contributed by atoms with Crippen LogP contribution >= 0.6 is 11.3 Å². The van der Waals surface area contributed by atoms with Crippen LogP contribution in [0.25, 0.3) is 0 Å². The molecular formula is C15H18N2O4S. The molecule has 0 fully saturated rings. The van der Waals surface area contributed by atoms with Gasteiger partial charge in [0.05, 0.1) is 21.3 Å². The summed E-state index contributed by atoms with van der Waals surface area (Å²) in [5.41, 5.74) is 0.884. The first-order valence-electron chi connectivity index (χ1n) is 6.66. The molecule has 0 aliphatic rings. The monoisotopic (exact) mass is 322 g/mol. The topological polar surface area (TPSA) is 69.7 Å². The molecule has 1 N–H and O–H groups in total. The molecule has 1 heterocycles. The first-order chi connectivity index (χ1) is 10.7. The van der Waals surface area contributed by atoms with Gasteiger partial charge in [-0.1, -0.05) is 6.07 Å². The molecule has 7 heteroatoms. The Bertz CT molecular complexity index is 629. The summed E-state index contributed by atoms with van der Waals surface area (Å²) >= 11 is 1.39. The number of rotatable bonds is 7. The van der Waals surface area contributed by atoms with Crippen LogP contribution in [0.1, 0.15) is 12.0 Å². The maximum atomic E-state index is 11.9. The Morgan fingerprint density at radius 1 is 1.18 bits per heavy atom. The van der Waals surface area contributed by atoms with Gasteiger partial charge in [0.2, 0.25) is 11.7 Å². The van der Waals surface area contributed by atoms with Crippen molar-refractivity contribution in [1.82, 2.24) is 4.98 Å². The van der Waals surface area contributed by atoms with E-state index in [-0.39, 0.29) is 5.91 Å². The number of ether oxygens (including phenoxy) is 3. The molecular weight excluding hydrogens is 304 g/mol. The summed E-state index contributed by atoms with van der Waals surface area (Å²) in [6.45, 7) is 0. The van der Waals surface area contributed by atoms with Crippen molar-refractivity contribution in [1.29, 1.82) is 0 Å². The van der Waals surface area contributed by atoms with Crippen molar-refractivity contribution >= 4 is 22.4 Å². The number of amides is 1. The Morgan fingerprint density at radius 2 is 1.95 bits per heavy atom. The van der Waals surface area contributed by atoms with E-state index in [4.69, 9.17) is 14.2 Å². The standard InChI is InChI=1S/C15H18N2O4S/c1-19-11-6-4-10(13(20-2)14(11)21-3)5-7-12(18)17-15-16-8-9-22-15/h4,6,8-9H,5,7H2,1-3H3,(H,16,17,18). The number of thiazole rings is 1. The van der Waals surface area contributed by atoms with Gasteiger partial charge in [0.1, 0.15) is 0 Å². The largest absolute Gasteiger partial charge is 0.493 e. The number of carbonyl (C=O) groups excluding carboxylic acids is 1. The third-order valence-electron chi connectivity index (χ3n) is 3.09. The molecule has 1 aromatic carbocycles. The zero-order valence-corrected chi connectivity index (χ0v) is 13.5. The number of aryl methyl sites for hydroxylation is 1. The minimum atomic E-state index is -0.0909.